The van der Waals surface area contributed by atoms with Gasteiger partial charge in [0.25, 0.3) is 0 Å². The molecule has 0 amide bonds. The van der Waals surface area contributed by atoms with Crippen molar-refractivity contribution < 1.29 is 10.2 Å². The highest BCUT2D eigenvalue weighted by Gasteiger charge is 2.25. The smallest absolute Gasteiger partial charge is 0.223 e. The lowest BCUT2D eigenvalue weighted by Gasteiger charge is -2.30. The van der Waals surface area contributed by atoms with Crippen molar-refractivity contribution >= 4 is 0 Å². The third-order valence-corrected chi connectivity index (χ3v) is 5.08. The maximum absolute atomic E-state index is 12.0. The molecule has 2 N–H and O–H groups in total. The number of piperidine rings is 1. The van der Waals surface area contributed by atoms with Crippen LogP contribution in [0.5, 0.6) is 5.75 Å². The first-order chi connectivity index (χ1) is 10.7. The quantitative estimate of drug-likeness (QED) is 0.894. The fraction of sp³-hybridized carbons (Fsp3) is 0.706. The summed E-state index contributed by atoms with van der Waals surface area (Å²) >= 11 is 0. The number of aliphatic hydroxyl groups is 1. The van der Waals surface area contributed by atoms with Crippen molar-refractivity contribution in [3.05, 3.63) is 27.7 Å². The first-order valence-electron chi connectivity index (χ1n) is 8.50. The molecule has 5 nitrogen and oxygen atoms in total. The van der Waals surface area contributed by atoms with Crippen LogP contribution in [0, 0.1) is 0 Å². The van der Waals surface area contributed by atoms with Gasteiger partial charge in [0.1, 0.15) is 0 Å². The van der Waals surface area contributed by atoms with Crippen LogP contribution in [0.3, 0.4) is 0 Å². The van der Waals surface area contributed by atoms with Crippen molar-refractivity contribution in [1.29, 1.82) is 0 Å². The summed E-state index contributed by atoms with van der Waals surface area (Å²) in [7, 11) is 0. The number of likely N-dealkylation sites (tertiary alicyclic amines) is 1. The van der Waals surface area contributed by atoms with Crippen molar-refractivity contribution in [3.63, 3.8) is 0 Å². The molecule has 2 fully saturated rings. The van der Waals surface area contributed by atoms with Crippen LogP contribution in [0.2, 0.25) is 0 Å². The molecule has 2 aliphatic rings. The molecule has 1 aromatic rings. The summed E-state index contributed by atoms with van der Waals surface area (Å²) in [4.78, 5) is 14.3. The highest BCUT2D eigenvalue weighted by Crippen LogP contribution is 2.34. The summed E-state index contributed by atoms with van der Waals surface area (Å²) in [5.41, 5.74) is 0.970. The minimum absolute atomic E-state index is 0.130. The van der Waals surface area contributed by atoms with Gasteiger partial charge in [0.05, 0.1) is 12.3 Å². The van der Waals surface area contributed by atoms with E-state index < -0.39 is 0 Å². The van der Waals surface area contributed by atoms with E-state index in [1.54, 1.807) is 0 Å². The van der Waals surface area contributed by atoms with Crippen LogP contribution in [0.4, 0.5) is 0 Å². The molecule has 2 heterocycles. The Morgan fingerprint density at radius 1 is 1.09 bits per heavy atom. The van der Waals surface area contributed by atoms with Gasteiger partial charge >= 0.3 is 0 Å². The Kier molecular flexibility index (Phi) is 4.84. The fourth-order valence-corrected chi connectivity index (χ4v) is 3.94. The zero-order valence-corrected chi connectivity index (χ0v) is 13.1. The van der Waals surface area contributed by atoms with E-state index in [0.29, 0.717) is 24.0 Å². The predicted octanol–water partition coefficient (Wildman–Crippen LogP) is 2.15. The van der Waals surface area contributed by atoms with Gasteiger partial charge in [-0.1, -0.05) is 19.3 Å². The fourth-order valence-electron chi connectivity index (χ4n) is 3.94. The van der Waals surface area contributed by atoms with Gasteiger partial charge < -0.3 is 14.8 Å². The number of nitrogens with zero attached hydrogens (tertiary/aromatic N) is 2. The van der Waals surface area contributed by atoms with Crippen LogP contribution in [-0.4, -0.2) is 32.8 Å². The van der Waals surface area contributed by atoms with Gasteiger partial charge in [-0.25, -0.2) is 0 Å². The van der Waals surface area contributed by atoms with Crippen molar-refractivity contribution in [2.24, 2.45) is 0 Å². The van der Waals surface area contributed by atoms with E-state index in [4.69, 9.17) is 0 Å². The number of pyridine rings is 1. The summed E-state index contributed by atoms with van der Waals surface area (Å²) in [5, 5.41) is 20.0. The van der Waals surface area contributed by atoms with Crippen molar-refractivity contribution in [1.82, 2.24) is 9.47 Å². The molecule has 1 aromatic heterocycles. The summed E-state index contributed by atoms with van der Waals surface area (Å²) in [6.07, 6.45) is 8.07. The summed E-state index contributed by atoms with van der Waals surface area (Å²) < 4.78 is 2.05. The van der Waals surface area contributed by atoms with E-state index in [9.17, 15) is 15.0 Å². The number of aromatic nitrogens is 1. The number of rotatable bonds is 4. The number of aliphatic hydroxyl groups excluding tert-OH is 1. The van der Waals surface area contributed by atoms with Crippen LogP contribution in [-0.2, 0) is 13.2 Å². The SMILES string of the molecule is O=c1cc(CO)n(C2CCCC2)c(CN2CCCCC2)c1O. The topological polar surface area (TPSA) is 65.7 Å². The maximum atomic E-state index is 12.0. The molecule has 0 atom stereocenters. The Bertz CT molecular complexity index is 570. The van der Waals surface area contributed by atoms with Crippen LogP contribution in [0.15, 0.2) is 10.9 Å². The van der Waals surface area contributed by atoms with Gasteiger partial charge in [0, 0.05) is 24.3 Å². The second-order valence-electron chi connectivity index (χ2n) is 6.60. The largest absolute Gasteiger partial charge is 0.503 e. The molecule has 0 bridgehead atoms. The van der Waals surface area contributed by atoms with Gasteiger partial charge in [-0.05, 0) is 38.8 Å². The standard InChI is InChI=1S/C17H26N2O3/c20-12-14-10-16(21)17(22)15(11-18-8-4-1-5-9-18)19(14)13-6-2-3-7-13/h10,13,20,22H,1-9,11-12H2. The summed E-state index contributed by atoms with van der Waals surface area (Å²) in [6.45, 7) is 2.48. The molecule has 5 heteroatoms. The normalized spacial score (nSPS) is 20.6. The Morgan fingerprint density at radius 2 is 1.77 bits per heavy atom. The molecule has 3 rings (SSSR count). The highest BCUT2D eigenvalue weighted by atomic mass is 16.3. The lowest BCUT2D eigenvalue weighted by Crippen LogP contribution is -2.32. The molecule has 0 spiro atoms. The molecule has 1 aliphatic heterocycles. The average Bonchev–Trinajstić information content (AvgIpc) is 3.06. The molecule has 0 aromatic carbocycles. The molecule has 0 unspecified atom stereocenters. The molecule has 1 saturated carbocycles. The summed E-state index contributed by atoms with van der Waals surface area (Å²) in [5.74, 6) is -0.130. The van der Waals surface area contributed by atoms with Gasteiger partial charge in [0.2, 0.25) is 5.43 Å². The van der Waals surface area contributed by atoms with E-state index in [1.807, 2.05) is 0 Å². The van der Waals surface area contributed by atoms with E-state index >= 15 is 0 Å². The molecule has 122 valence electrons. The van der Waals surface area contributed by atoms with Crippen molar-refractivity contribution in [2.45, 2.75) is 64.1 Å². The Labute approximate surface area is 131 Å². The van der Waals surface area contributed by atoms with E-state index in [1.165, 1.54) is 38.2 Å². The Hall–Kier alpha value is -1.33. The lowest BCUT2D eigenvalue weighted by atomic mass is 10.1. The Balaban J connectivity index is 2.00. The number of hydrogen-bond donors (Lipinski definition) is 2. The van der Waals surface area contributed by atoms with Crippen LogP contribution >= 0.6 is 0 Å². The average molecular weight is 306 g/mol. The zero-order valence-electron chi connectivity index (χ0n) is 13.1. The summed E-state index contributed by atoms with van der Waals surface area (Å²) in [6, 6.07) is 1.70. The van der Waals surface area contributed by atoms with Gasteiger partial charge in [-0.3, -0.25) is 9.69 Å². The van der Waals surface area contributed by atoms with Crippen molar-refractivity contribution in [2.75, 3.05) is 13.1 Å². The molecule has 0 radical (unpaired) electrons. The third-order valence-electron chi connectivity index (χ3n) is 5.08. The highest BCUT2D eigenvalue weighted by molar-refractivity contribution is 5.31. The lowest BCUT2D eigenvalue weighted by molar-refractivity contribution is 0.206. The Morgan fingerprint density at radius 3 is 2.41 bits per heavy atom. The maximum Gasteiger partial charge on any atom is 0.223 e. The monoisotopic (exact) mass is 306 g/mol. The van der Waals surface area contributed by atoms with Crippen LogP contribution in [0.1, 0.15) is 62.4 Å². The predicted molar refractivity (Wildman–Crippen MR) is 84.9 cm³/mol. The first-order valence-corrected chi connectivity index (χ1v) is 8.50. The van der Waals surface area contributed by atoms with E-state index in [-0.39, 0.29) is 17.8 Å². The van der Waals surface area contributed by atoms with Crippen LogP contribution < -0.4 is 5.43 Å². The molecule has 1 aliphatic carbocycles. The molecular weight excluding hydrogens is 280 g/mol. The number of hydrogen-bond acceptors (Lipinski definition) is 4. The minimum Gasteiger partial charge on any atom is -0.503 e. The molecular formula is C17H26N2O3. The molecule has 1 saturated heterocycles. The van der Waals surface area contributed by atoms with Crippen LogP contribution in [0.25, 0.3) is 0 Å². The zero-order chi connectivity index (χ0) is 15.5. The second-order valence-corrected chi connectivity index (χ2v) is 6.60. The van der Waals surface area contributed by atoms with Crippen molar-refractivity contribution in [3.8, 4) is 5.75 Å². The second kappa shape index (κ2) is 6.84. The third kappa shape index (κ3) is 3.06. The number of aromatic hydroxyl groups is 1. The van der Waals surface area contributed by atoms with E-state index in [2.05, 4.69) is 9.47 Å². The van der Waals surface area contributed by atoms with Gasteiger partial charge in [-0.2, -0.15) is 0 Å². The molecule has 22 heavy (non-hydrogen) atoms. The first kappa shape index (κ1) is 15.6. The minimum atomic E-state index is -0.370. The van der Waals surface area contributed by atoms with Gasteiger partial charge in [-0.15, -0.1) is 0 Å². The van der Waals surface area contributed by atoms with E-state index in [0.717, 1.165) is 25.9 Å². The van der Waals surface area contributed by atoms with Gasteiger partial charge in [0.15, 0.2) is 5.75 Å².